The van der Waals surface area contributed by atoms with Crippen molar-refractivity contribution in [2.45, 2.75) is 13.3 Å². The molecule has 0 aromatic heterocycles. The van der Waals surface area contributed by atoms with Crippen molar-refractivity contribution in [2.24, 2.45) is 0 Å². The fraction of sp³-hybridized carbons (Fsp3) is 0.222. The molecule has 1 N–H and O–H groups in total. The summed E-state index contributed by atoms with van der Waals surface area (Å²) in [4.78, 5) is 25.3. The number of halogens is 1. The van der Waals surface area contributed by atoms with E-state index in [4.69, 9.17) is 0 Å². The van der Waals surface area contributed by atoms with Crippen LogP contribution in [0.25, 0.3) is 0 Å². The minimum absolute atomic E-state index is 0.00335. The molecule has 2 rings (SSSR count). The summed E-state index contributed by atoms with van der Waals surface area (Å²) < 4.78 is 13.9. The highest BCUT2D eigenvalue weighted by Gasteiger charge is 2.13. The largest absolute Gasteiger partial charge is 0.349 e. The number of nitrogens with one attached hydrogen (secondary N) is 1. The summed E-state index contributed by atoms with van der Waals surface area (Å²) in [6, 6.07) is 11.6. The van der Waals surface area contributed by atoms with E-state index in [-0.39, 0.29) is 11.5 Å². The molecule has 5 heteroatoms. The second-order valence-corrected chi connectivity index (χ2v) is 5.55. The fourth-order valence-electron chi connectivity index (χ4n) is 2.06. The third-order valence-electron chi connectivity index (χ3n) is 3.50. The monoisotopic (exact) mass is 314 g/mol. The van der Waals surface area contributed by atoms with Crippen LogP contribution in [-0.4, -0.2) is 30.8 Å². The van der Waals surface area contributed by atoms with Crippen LogP contribution in [0.1, 0.15) is 21.5 Å². The van der Waals surface area contributed by atoms with Gasteiger partial charge in [0.15, 0.2) is 0 Å². The van der Waals surface area contributed by atoms with Gasteiger partial charge in [-0.15, -0.1) is 0 Å². The molecule has 0 saturated carbocycles. The van der Waals surface area contributed by atoms with Crippen molar-refractivity contribution in [2.75, 3.05) is 19.4 Å². The quantitative estimate of drug-likeness (QED) is 0.943. The number of anilines is 1. The summed E-state index contributed by atoms with van der Waals surface area (Å²) in [6.07, 6.45) is 0.299. The van der Waals surface area contributed by atoms with Crippen molar-refractivity contribution in [3.63, 3.8) is 0 Å². The Bertz CT molecular complexity index is 724. The molecule has 0 fully saturated rings. The van der Waals surface area contributed by atoms with E-state index < -0.39 is 11.7 Å². The average Bonchev–Trinajstić information content (AvgIpc) is 2.51. The van der Waals surface area contributed by atoms with Gasteiger partial charge in [0, 0.05) is 19.8 Å². The van der Waals surface area contributed by atoms with Crippen LogP contribution in [0.15, 0.2) is 42.5 Å². The lowest BCUT2D eigenvalue weighted by Crippen LogP contribution is -2.23. The second kappa shape index (κ2) is 7.05. The lowest BCUT2D eigenvalue weighted by atomic mass is 10.1. The highest BCUT2D eigenvalue weighted by Crippen LogP contribution is 2.16. The molecule has 0 radical (unpaired) electrons. The van der Waals surface area contributed by atoms with Crippen LogP contribution in [-0.2, 0) is 11.2 Å². The molecular formula is C18H19FN2O2. The number of aryl methyl sites for hydroxylation is 1. The predicted octanol–water partition coefficient (Wildman–Crippen LogP) is 3.02. The Labute approximate surface area is 134 Å². The van der Waals surface area contributed by atoms with Crippen LogP contribution < -0.4 is 5.32 Å². The van der Waals surface area contributed by atoms with Gasteiger partial charge < -0.3 is 10.2 Å². The average molecular weight is 314 g/mol. The number of nitrogens with zero attached hydrogens (tertiary/aromatic N) is 1. The normalized spacial score (nSPS) is 10.3. The van der Waals surface area contributed by atoms with Gasteiger partial charge in [0.05, 0.1) is 12.0 Å². The molecule has 0 bridgehead atoms. The third kappa shape index (κ3) is 4.16. The standard InChI is InChI=1S/C18H19FN2O2/c1-12-5-4-6-15(17(12)19)18(23)20-14-9-7-13(8-10-14)11-16(22)21(2)3/h4-10H,11H2,1-3H3,(H,20,23). The van der Waals surface area contributed by atoms with E-state index in [1.807, 2.05) is 0 Å². The maximum Gasteiger partial charge on any atom is 0.258 e. The van der Waals surface area contributed by atoms with Gasteiger partial charge >= 0.3 is 0 Å². The highest BCUT2D eigenvalue weighted by atomic mass is 19.1. The maximum atomic E-state index is 13.9. The topological polar surface area (TPSA) is 49.4 Å². The first-order chi connectivity index (χ1) is 10.9. The van der Waals surface area contributed by atoms with Gasteiger partial charge in [-0.3, -0.25) is 9.59 Å². The first kappa shape index (κ1) is 16.7. The molecule has 23 heavy (non-hydrogen) atoms. The van der Waals surface area contributed by atoms with Crippen LogP contribution in [0.2, 0.25) is 0 Å². The Morgan fingerprint density at radius 3 is 2.35 bits per heavy atom. The Hall–Kier alpha value is -2.69. The number of carbonyl (C=O) groups excluding carboxylic acids is 2. The molecule has 0 aliphatic carbocycles. The summed E-state index contributed by atoms with van der Waals surface area (Å²) in [5.74, 6) is -1.01. The van der Waals surface area contributed by atoms with Gasteiger partial charge in [-0.2, -0.15) is 0 Å². The van der Waals surface area contributed by atoms with Crippen molar-refractivity contribution >= 4 is 17.5 Å². The molecule has 2 aromatic carbocycles. The zero-order valence-electron chi connectivity index (χ0n) is 13.4. The Kier molecular flexibility index (Phi) is 5.11. The van der Waals surface area contributed by atoms with E-state index in [1.165, 1.54) is 11.0 Å². The molecule has 2 amide bonds. The number of hydrogen-bond donors (Lipinski definition) is 1. The number of hydrogen-bond acceptors (Lipinski definition) is 2. The van der Waals surface area contributed by atoms with Crippen LogP contribution >= 0.6 is 0 Å². The van der Waals surface area contributed by atoms with E-state index in [0.717, 1.165) is 5.56 Å². The zero-order chi connectivity index (χ0) is 17.0. The smallest absolute Gasteiger partial charge is 0.258 e. The number of likely N-dealkylation sites (N-methyl/N-ethyl adjacent to an activating group) is 1. The SMILES string of the molecule is Cc1cccc(C(=O)Nc2ccc(CC(=O)N(C)C)cc2)c1F. The lowest BCUT2D eigenvalue weighted by Gasteiger charge is -2.11. The van der Waals surface area contributed by atoms with Crippen LogP contribution in [0.4, 0.5) is 10.1 Å². The Balaban J connectivity index is 2.07. The molecule has 0 unspecified atom stereocenters. The summed E-state index contributed by atoms with van der Waals surface area (Å²) in [5, 5.41) is 2.66. The molecule has 0 atom stereocenters. The predicted molar refractivity (Wildman–Crippen MR) is 87.9 cm³/mol. The summed E-state index contributed by atoms with van der Waals surface area (Å²) in [7, 11) is 3.40. The second-order valence-electron chi connectivity index (χ2n) is 5.55. The molecule has 0 spiro atoms. The summed E-state index contributed by atoms with van der Waals surface area (Å²) in [5.41, 5.74) is 1.84. The fourth-order valence-corrected chi connectivity index (χ4v) is 2.06. The van der Waals surface area contributed by atoms with Crippen molar-refractivity contribution in [1.29, 1.82) is 0 Å². The van der Waals surface area contributed by atoms with E-state index in [2.05, 4.69) is 5.32 Å². The van der Waals surface area contributed by atoms with E-state index in [0.29, 0.717) is 17.7 Å². The molecule has 0 saturated heterocycles. The molecule has 0 heterocycles. The number of amides is 2. The maximum absolute atomic E-state index is 13.9. The van der Waals surface area contributed by atoms with Gasteiger partial charge in [-0.1, -0.05) is 24.3 Å². The number of rotatable bonds is 4. The molecular weight excluding hydrogens is 295 g/mol. The number of carbonyl (C=O) groups is 2. The van der Waals surface area contributed by atoms with Gasteiger partial charge in [0.1, 0.15) is 5.82 Å². The van der Waals surface area contributed by atoms with Crippen molar-refractivity contribution in [3.8, 4) is 0 Å². The first-order valence-corrected chi connectivity index (χ1v) is 7.24. The van der Waals surface area contributed by atoms with Gasteiger partial charge in [0.25, 0.3) is 5.91 Å². The molecule has 2 aromatic rings. The van der Waals surface area contributed by atoms with E-state index >= 15 is 0 Å². The van der Waals surface area contributed by atoms with Crippen molar-refractivity contribution < 1.29 is 14.0 Å². The van der Waals surface area contributed by atoms with E-state index in [9.17, 15) is 14.0 Å². The third-order valence-corrected chi connectivity index (χ3v) is 3.50. The van der Waals surface area contributed by atoms with E-state index in [1.54, 1.807) is 57.4 Å². The minimum Gasteiger partial charge on any atom is -0.349 e. The molecule has 4 nitrogen and oxygen atoms in total. The zero-order valence-corrected chi connectivity index (χ0v) is 13.4. The summed E-state index contributed by atoms with van der Waals surface area (Å²) >= 11 is 0. The lowest BCUT2D eigenvalue weighted by molar-refractivity contribution is -0.127. The molecule has 0 aliphatic rings. The van der Waals surface area contributed by atoms with Gasteiger partial charge in [-0.05, 0) is 36.2 Å². The van der Waals surface area contributed by atoms with Gasteiger partial charge in [-0.25, -0.2) is 4.39 Å². The molecule has 0 aliphatic heterocycles. The summed E-state index contributed by atoms with van der Waals surface area (Å²) in [6.45, 7) is 1.61. The Morgan fingerprint density at radius 1 is 1.09 bits per heavy atom. The minimum atomic E-state index is -0.516. The van der Waals surface area contributed by atoms with Crippen LogP contribution in [0.3, 0.4) is 0 Å². The van der Waals surface area contributed by atoms with Crippen molar-refractivity contribution in [3.05, 3.63) is 65.0 Å². The number of benzene rings is 2. The molecule has 120 valence electrons. The van der Waals surface area contributed by atoms with Crippen LogP contribution in [0, 0.1) is 12.7 Å². The van der Waals surface area contributed by atoms with Gasteiger partial charge in [0.2, 0.25) is 5.91 Å². The van der Waals surface area contributed by atoms with Crippen molar-refractivity contribution in [1.82, 2.24) is 4.90 Å². The Morgan fingerprint density at radius 2 is 1.74 bits per heavy atom. The first-order valence-electron chi connectivity index (χ1n) is 7.24. The highest BCUT2D eigenvalue weighted by molar-refractivity contribution is 6.04. The van der Waals surface area contributed by atoms with Crippen LogP contribution in [0.5, 0.6) is 0 Å².